The van der Waals surface area contributed by atoms with Gasteiger partial charge in [-0.1, -0.05) is 35.4 Å². The van der Waals surface area contributed by atoms with Crippen LogP contribution in [-0.4, -0.2) is 64.8 Å². The van der Waals surface area contributed by atoms with Crippen molar-refractivity contribution in [1.82, 2.24) is 0 Å². The van der Waals surface area contributed by atoms with Gasteiger partial charge in [0.1, 0.15) is 47.7 Å². The summed E-state index contributed by atoms with van der Waals surface area (Å²) in [5.41, 5.74) is 4.37. The van der Waals surface area contributed by atoms with Crippen LogP contribution in [0.1, 0.15) is 29.5 Å². The highest BCUT2D eigenvalue weighted by Gasteiger charge is 2.56. The van der Waals surface area contributed by atoms with Crippen LogP contribution in [0.4, 0.5) is 22.0 Å². The van der Waals surface area contributed by atoms with Crippen molar-refractivity contribution >= 4 is 22.3 Å². The Morgan fingerprint density at radius 1 is 0.810 bits per heavy atom. The van der Waals surface area contributed by atoms with Crippen molar-refractivity contribution in [2.75, 3.05) is 37.9 Å². The number of phenolic OH excluding ortho intramolecular Hbond substituents is 2. The number of hydrogen-bond acceptors (Lipinski definition) is 6. The number of hydrogen-bond donors (Lipinski definition) is 2. The molecule has 2 N–H and O–H groups in total. The summed E-state index contributed by atoms with van der Waals surface area (Å²) in [5, 5.41) is 19.6. The lowest BCUT2D eigenvalue weighted by Gasteiger charge is -2.25. The van der Waals surface area contributed by atoms with Crippen molar-refractivity contribution in [3.63, 3.8) is 0 Å². The first-order chi connectivity index (χ1) is 19.9. The molecule has 4 rings (SSSR count). The zero-order valence-electron chi connectivity index (χ0n) is 22.3. The minimum Gasteiger partial charge on any atom is -0.616 e. The van der Waals surface area contributed by atoms with E-state index in [1.54, 1.807) is 54.6 Å². The first-order valence-electron chi connectivity index (χ1n) is 13.0. The fraction of sp³-hybridized carbons (Fsp3) is 0.333. The Kier molecular flexibility index (Phi) is 10.2. The molecule has 1 aliphatic rings. The van der Waals surface area contributed by atoms with Crippen LogP contribution in [0.25, 0.3) is 11.1 Å². The van der Waals surface area contributed by atoms with Crippen LogP contribution >= 0.6 is 0 Å². The third-order valence-electron chi connectivity index (χ3n) is 6.50. The molecule has 226 valence electrons. The molecule has 6 nitrogen and oxygen atoms in total. The van der Waals surface area contributed by atoms with Gasteiger partial charge in [0.15, 0.2) is 0 Å². The summed E-state index contributed by atoms with van der Waals surface area (Å²) in [7, 11) is 0. The highest BCUT2D eigenvalue weighted by atomic mass is 32.2. The maximum atomic E-state index is 12.9. The van der Waals surface area contributed by atoms with Gasteiger partial charge in [-0.05, 0) is 59.5 Å². The number of halogens is 5. The van der Waals surface area contributed by atoms with E-state index in [4.69, 9.17) is 14.2 Å². The molecule has 0 bridgehead atoms. The maximum absolute atomic E-state index is 12.9. The highest BCUT2D eigenvalue weighted by molar-refractivity contribution is 7.91. The molecule has 1 aliphatic heterocycles. The zero-order chi connectivity index (χ0) is 30.3. The summed E-state index contributed by atoms with van der Waals surface area (Å²) in [4.78, 5) is 0. The lowest BCUT2D eigenvalue weighted by molar-refractivity contribution is -0.284. The molecule has 1 unspecified atom stereocenters. The monoisotopic (exact) mass is 612 g/mol. The van der Waals surface area contributed by atoms with Crippen LogP contribution in [0.2, 0.25) is 0 Å². The lowest BCUT2D eigenvalue weighted by atomic mass is 9.87. The van der Waals surface area contributed by atoms with Gasteiger partial charge in [0.2, 0.25) is 0 Å². The van der Waals surface area contributed by atoms with Gasteiger partial charge >= 0.3 is 12.1 Å². The van der Waals surface area contributed by atoms with Crippen LogP contribution < -0.4 is 9.47 Å². The number of fused-ring (bicyclic) bond motifs is 1. The normalized spacial score (nSPS) is 14.3. The predicted molar refractivity (Wildman–Crippen MR) is 148 cm³/mol. The Balaban J connectivity index is 1.29. The number of phenols is 2. The molecule has 0 spiro atoms. The number of rotatable bonds is 13. The molecular weight excluding hydrogens is 583 g/mol. The van der Waals surface area contributed by atoms with Gasteiger partial charge in [0.05, 0.1) is 13.2 Å². The standard InChI is InChI=1S/C30H29F5O6S/c31-29(32,30(33,34)35)12-1-16-42(38)17-15-39-13-14-40-24-9-4-21(5-10-24)28-25-11-8-23(37)18-27(25)41-19-26(28)20-2-6-22(36)7-3-20/h2-11,18,36-37H,1,12-17,19H2. The molecule has 0 amide bonds. The van der Waals surface area contributed by atoms with Gasteiger partial charge in [0, 0.05) is 23.6 Å². The van der Waals surface area contributed by atoms with Crippen LogP contribution in [0, 0.1) is 0 Å². The minimum atomic E-state index is -5.60. The number of alkyl halides is 5. The van der Waals surface area contributed by atoms with Crippen molar-refractivity contribution in [1.29, 1.82) is 0 Å². The molecule has 12 heteroatoms. The lowest BCUT2D eigenvalue weighted by Crippen LogP contribution is -2.36. The number of benzene rings is 3. The molecule has 42 heavy (non-hydrogen) atoms. The molecule has 3 aromatic carbocycles. The van der Waals surface area contributed by atoms with E-state index in [0.29, 0.717) is 11.5 Å². The van der Waals surface area contributed by atoms with Crippen LogP contribution in [-0.2, 0) is 15.9 Å². The molecular formula is C30H29F5O6S. The first kappa shape index (κ1) is 31.5. The number of aromatic hydroxyl groups is 2. The van der Waals surface area contributed by atoms with E-state index in [2.05, 4.69) is 0 Å². The van der Waals surface area contributed by atoms with Gasteiger partial charge < -0.3 is 29.0 Å². The van der Waals surface area contributed by atoms with Gasteiger partial charge in [-0.3, -0.25) is 0 Å². The fourth-order valence-corrected chi connectivity index (χ4v) is 5.31. The Labute approximate surface area is 242 Å². The van der Waals surface area contributed by atoms with Crippen molar-refractivity contribution in [3.05, 3.63) is 83.4 Å². The molecule has 1 atom stereocenters. The van der Waals surface area contributed by atoms with Crippen LogP contribution in [0.15, 0.2) is 66.7 Å². The summed E-state index contributed by atoms with van der Waals surface area (Å²) >= 11 is -1.57. The average molecular weight is 613 g/mol. The van der Waals surface area contributed by atoms with E-state index in [0.717, 1.165) is 27.8 Å². The number of ether oxygens (including phenoxy) is 3. The molecule has 0 fully saturated rings. The van der Waals surface area contributed by atoms with E-state index >= 15 is 0 Å². The van der Waals surface area contributed by atoms with E-state index in [9.17, 15) is 36.7 Å². The van der Waals surface area contributed by atoms with Crippen LogP contribution in [0.3, 0.4) is 0 Å². The third kappa shape index (κ3) is 8.08. The van der Waals surface area contributed by atoms with E-state index < -0.39 is 36.1 Å². The second-order valence-electron chi connectivity index (χ2n) is 9.51. The third-order valence-corrected chi connectivity index (χ3v) is 7.86. The van der Waals surface area contributed by atoms with E-state index in [1.165, 1.54) is 0 Å². The second kappa shape index (κ2) is 13.7. The summed E-state index contributed by atoms with van der Waals surface area (Å²) in [6.07, 6.45) is -7.51. The Morgan fingerprint density at radius 3 is 2.17 bits per heavy atom. The molecule has 1 heterocycles. The quantitative estimate of drug-likeness (QED) is 0.129. The van der Waals surface area contributed by atoms with Gasteiger partial charge in [-0.2, -0.15) is 22.0 Å². The molecule has 0 saturated heterocycles. The van der Waals surface area contributed by atoms with Crippen molar-refractivity contribution in [2.45, 2.75) is 24.9 Å². The molecule has 0 saturated carbocycles. The molecule has 0 radical (unpaired) electrons. The molecule has 3 aromatic rings. The first-order valence-corrected chi connectivity index (χ1v) is 14.5. The van der Waals surface area contributed by atoms with Gasteiger partial charge in [0.25, 0.3) is 0 Å². The molecule has 0 aromatic heterocycles. The minimum absolute atomic E-state index is 0.0216. The predicted octanol–water partition coefficient (Wildman–Crippen LogP) is 6.57. The summed E-state index contributed by atoms with van der Waals surface area (Å²) < 4.78 is 91.2. The Morgan fingerprint density at radius 2 is 1.48 bits per heavy atom. The van der Waals surface area contributed by atoms with Crippen molar-refractivity contribution in [2.24, 2.45) is 0 Å². The smallest absolute Gasteiger partial charge is 0.453 e. The second-order valence-corrected chi connectivity index (χ2v) is 11.2. The van der Waals surface area contributed by atoms with E-state index in [1.807, 2.05) is 12.1 Å². The Bertz CT molecular complexity index is 1360. The zero-order valence-corrected chi connectivity index (χ0v) is 23.1. The van der Waals surface area contributed by atoms with Gasteiger partial charge in [-0.25, -0.2) is 0 Å². The molecule has 0 aliphatic carbocycles. The summed E-state index contributed by atoms with van der Waals surface area (Å²) in [6, 6.07) is 19.1. The fourth-order valence-electron chi connectivity index (χ4n) is 4.33. The van der Waals surface area contributed by atoms with Crippen molar-refractivity contribution < 1.29 is 50.9 Å². The maximum Gasteiger partial charge on any atom is 0.453 e. The summed E-state index contributed by atoms with van der Waals surface area (Å²) in [6.45, 7) is 0.656. The highest BCUT2D eigenvalue weighted by Crippen LogP contribution is 2.43. The Hall–Kier alpha value is -3.48. The average Bonchev–Trinajstić information content (AvgIpc) is 2.94. The van der Waals surface area contributed by atoms with Crippen LogP contribution in [0.5, 0.6) is 23.0 Å². The van der Waals surface area contributed by atoms with E-state index in [-0.39, 0.29) is 49.4 Å². The largest absolute Gasteiger partial charge is 0.616 e. The van der Waals surface area contributed by atoms with Crippen molar-refractivity contribution in [3.8, 4) is 23.0 Å². The van der Waals surface area contributed by atoms with Gasteiger partial charge in [-0.15, -0.1) is 0 Å². The summed E-state index contributed by atoms with van der Waals surface area (Å²) in [5.74, 6) is -3.67. The topological polar surface area (TPSA) is 91.2 Å². The SMILES string of the molecule is [O-][S+](CCCC(F)(F)C(F)(F)F)CCOCCOc1ccc(C2=C(c3ccc(O)cc3)COc3cc(O)ccc32)cc1.